The van der Waals surface area contributed by atoms with Crippen LogP contribution in [0.2, 0.25) is 0 Å². The fourth-order valence-corrected chi connectivity index (χ4v) is 2.82. The average molecular weight is 382 g/mol. The molecule has 0 amide bonds. The molecule has 0 saturated carbocycles. The highest BCUT2D eigenvalue weighted by molar-refractivity contribution is 6.04. The molecule has 0 aromatic heterocycles. The van der Waals surface area contributed by atoms with Crippen LogP contribution in [0.5, 0.6) is 5.75 Å². The fourth-order valence-electron chi connectivity index (χ4n) is 2.82. The van der Waals surface area contributed by atoms with Crippen molar-refractivity contribution in [3.63, 3.8) is 0 Å². The Morgan fingerprint density at radius 2 is 1.54 bits per heavy atom. The first-order valence-electron chi connectivity index (χ1n) is 8.51. The van der Waals surface area contributed by atoms with Gasteiger partial charge in [0.25, 0.3) is 0 Å². The van der Waals surface area contributed by atoms with Crippen LogP contribution in [0.15, 0.2) is 79.4 Å². The number of allylic oxidation sites excluding steroid dienone is 1. The van der Waals surface area contributed by atoms with Crippen LogP contribution in [0.3, 0.4) is 0 Å². The van der Waals surface area contributed by atoms with Crippen molar-refractivity contribution >= 4 is 5.78 Å². The van der Waals surface area contributed by atoms with Gasteiger partial charge < -0.3 is 4.74 Å². The van der Waals surface area contributed by atoms with Crippen molar-refractivity contribution in [3.8, 4) is 16.9 Å². The predicted molar refractivity (Wildman–Crippen MR) is 102 cm³/mol. The third-order valence-electron chi connectivity index (χ3n) is 4.29. The zero-order valence-electron chi connectivity index (χ0n) is 15.1. The van der Waals surface area contributed by atoms with E-state index >= 15 is 0 Å². The Morgan fingerprint density at radius 3 is 2.07 bits per heavy atom. The molecule has 28 heavy (non-hydrogen) atoms. The van der Waals surface area contributed by atoms with Crippen LogP contribution in [-0.2, 0) is 6.11 Å². The fraction of sp³-hybridized carbons (Fsp3) is 0.0870. The molecule has 0 aliphatic carbocycles. The Bertz CT molecular complexity index is 1010. The van der Waals surface area contributed by atoms with E-state index in [0.29, 0.717) is 5.56 Å². The van der Waals surface area contributed by atoms with E-state index < -0.39 is 11.9 Å². The van der Waals surface area contributed by atoms with E-state index in [1.54, 1.807) is 36.4 Å². The summed E-state index contributed by atoms with van der Waals surface area (Å²) in [5, 5.41) is 0. The largest absolute Gasteiger partial charge is 0.429 e. The lowest BCUT2D eigenvalue weighted by Crippen LogP contribution is -2.23. The summed E-state index contributed by atoms with van der Waals surface area (Å²) in [4.78, 5) is 11.6. The maximum atomic E-state index is 14.4. The average Bonchev–Trinajstić information content (AvgIpc) is 2.67. The van der Waals surface area contributed by atoms with Crippen molar-refractivity contribution in [1.82, 2.24) is 0 Å². The lowest BCUT2D eigenvalue weighted by molar-refractivity contribution is -0.185. The lowest BCUT2D eigenvalue weighted by atomic mass is 10.0. The van der Waals surface area contributed by atoms with Crippen LogP contribution in [0.25, 0.3) is 11.1 Å². The molecule has 0 aliphatic rings. The third-order valence-corrected chi connectivity index (χ3v) is 4.29. The quantitative estimate of drug-likeness (QED) is 0.369. The highest BCUT2D eigenvalue weighted by atomic mass is 19.3. The smallest absolute Gasteiger partial charge is 0.426 e. The van der Waals surface area contributed by atoms with Crippen molar-refractivity contribution in [2.75, 3.05) is 0 Å². The number of ketones is 1. The number of hydrogen-bond acceptors (Lipinski definition) is 2. The van der Waals surface area contributed by atoms with Crippen molar-refractivity contribution < 1.29 is 22.7 Å². The van der Waals surface area contributed by atoms with Crippen LogP contribution in [0.1, 0.15) is 21.5 Å². The first-order chi connectivity index (χ1) is 13.3. The number of carbonyl (C=O) groups is 1. The molecule has 0 unspecified atom stereocenters. The molecule has 0 radical (unpaired) electrons. The molecule has 0 aliphatic heterocycles. The lowest BCUT2D eigenvalue weighted by Gasteiger charge is -2.20. The minimum Gasteiger partial charge on any atom is -0.429 e. The highest BCUT2D eigenvalue weighted by Gasteiger charge is 2.36. The molecule has 3 aromatic rings. The Hall–Kier alpha value is -3.34. The first kappa shape index (κ1) is 19.4. The Morgan fingerprint density at radius 1 is 0.964 bits per heavy atom. The number of alkyl halides is 2. The Kier molecular flexibility index (Phi) is 5.36. The van der Waals surface area contributed by atoms with Gasteiger partial charge in [-0.2, -0.15) is 8.78 Å². The van der Waals surface area contributed by atoms with E-state index in [1.165, 1.54) is 25.1 Å². The number of hydrogen-bond donors (Lipinski definition) is 0. The minimum atomic E-state index is -3.59. The van der Waals surface area contributed by atoms with Gasteiger partial charge in [-0.25, -0.2) is 4.39 Å². The molecular weight excluding hydrogens is 365 g/mol. The van der Waals surface area contributed by atoms with E-state index in [2.05, 4.69) is 6.58 Å². The van der Waals surface area contributed by atoms with Crippen LogP contribution in [0.4, 0.5) is 13.2 Å². The summed E-state index contributed by atoms with van der Waals surface area (Å²) >= 11 is 0. The number of aryl methyl sites for hydroxylation is 1. The van der Waals surface area contributed by atoms with Crippen molar-refractivity contribution in [1.29, 1.82) is 0 Å². The molecule has 0 saturated heterocycles. The number of rotatable bonds is 6. The maximum Gasteiger partial charge on any atom is 0.426 e. The summed E-state index contributed by atoms with van der Waals surface area (Å²) < 4.78 is 46.9. The van der Waals surface area contributed by atoms with Gasteiger partial charge >= 0.3 is 6.11 Å². The van der Waals surface area contributed by atoms with Gasteiger partial charge in [-0.15, -0.1) is 0 Å². The van der Waals surface area contributed by atoms with Gasteiger partial charge in [-0.05, 0) is 60.0 Å². The summed E-state index contributed by atoms with van der Waals surface area (Å²) in [6.07, 6.45) is -2.35. The van der Waals surface area contributed by atoms with Crippen molar-refractivity contribution in [2.45, 2.75) is 13.0 Å². The molecule has 0 spiro atoms. The molecule has 0 atom stereocenters. The highest BCUT2D eigenvalue weighted by Crippen LogP contribution is 2.34. The minimum absolute atomic E-state index is 0.0177. The summed E-state index contributed by atoms with van der Waals surface area (Å²) in [5.41, 5.74) is 1.85. The molecule has 5 heteroatoms. The molecule has 142 valence electrons. The van der Waals surface area contributed by atoms with E-state index in [4.69, 9.17) is 4.74 Å². The van der Waals surface area contributed by atoms with Crippen LogP contribution >= 0.6 is 0 Å². The Balaban J connectivity index is 1.78. The number of ether oxygens (including phenoxy) is 1. The van der Waals surface area contributed by atoms with E-state index in [9.17, 15) is 18.0 Å². The monoisotopic (exact) mass is 382 g/mol. The second-order valence-corrected chi connectivity index (χ2v) is 6.25. The van der Waals surface area contributed by atoms with Crippen LogP contribution in [-0.4, -0.2) is 5.78 Å². The molecule has 0 bridgehead atoms. The zero-order valence-corrected chi connectivity index (χ0v) is 15.1. The van der Waals surface area contributed by atoms with E-state index in [0.717, 1.165) is 29.3 Å². The van der Waals surface area contributed by atoms with E-state index in [-0.39, 0.29) is 22.7 Å². The molecule has 0 heterocycles. The number of carbonyl (C=O) groups excluding carboxylic acids is 1. The molecule has 2 nitrogen and oxygen atoms in total. The number of halogens is 3. The predicted octanol–water partition coefficient (Wildman–Crippen LogP) is 6.30. The number of benzene rings is 3. The van der Waals surface area contributed by atoms with Gasteiger partial charge in [0.05, 0.1) is 5.56 Å². The molecular formula is C23H17F3O2. The zero-order chi connectivity index (χ0) is 20.3. The van der Waals surface area contributed by atoms with Crippen LogP contribution < -0.4 is 4.74 Å². The molecule has 3 rings (SSSR count). The topological polar surface area (TPSA) is 26.3 Å². The molecule has 0 fully saturated rings. The van der Waals surface area contributed by atoms with Gasteiger partial charge in [0.15, 0.2) is 5.78 Å². The van der Waals surface area contributed by atoms with Gasteiger partial charge in [-0.3, -0.25) is 4.79 Å². The standard InChI is InChI=1S/C23H17F3O2/c1-3-22(27)18-6-4-16(5-7-18)17-8-11-20(12-9-17)28-23(25,26)21-13-10-19(24)14-15(21)2/h3-14H,1H2,2H3. The second-order valence-electron chi connectivity index (χ2n) is 6.25. The van der Waals surface area contributed by atoms with Gasteiger partial charge in [0.1, 0.15) is 11.6 Å². The Labute approximate surface area is 160 Å². The maximum absolute atomic E-state index is 14.4. The van der Waals surface area contributed by atoms with Gasteiger partial charge in [0.2, 0.25) is 0 Å². The molecule has 3 aromatic carbocycles. The van der Waals surface area contributed by atoms with E-state index in [1.807, 2.05) is 0 Å². The second kappa shape index (κ2) is 7.72. The van der Waals surface area contributed by atoms with Crippen LogP contribution in [0, 0.1) is 12.7 Å². The summed E-state index contributed by atoms with van der Waals surface area (Å²) in [5.74, 6) is -0.772. The normalized spacial score (nSPS) is 11.1. The van der Waals surface area contributed by atoms with Gasteiger partial charge in [0, 0.05) is 5.56 Å². The van der Waals surface area contributed by atoms with Crippen molar-refractivity contribution in [2.24, 2.45) is 0 Å². The first-order valence-corrected chi connectivity index (χ1v) is 8.51. The van der Waals surface area contributed by atoms with Crippen molar-refractivity contribution in [3.05, 3.63) is 102 Å². The SMILES string of the molecule is C=CC(=O)c1ccc(-c2ccc(OC(F)(F)c3ccc(F)cc3C)cc2)cc1. The molecule has 0 N–H and O–H groups in total. The summed E-state index contributed by atoms with van der Waals surface area (Å²) in [6.45, 7) is 4.85. The van der Waals surface area contributed by atoms with Gasteiger partial charge in [-0.1, -0.05) is 43.0 Å². The summed E-state index contributed by atoms with van der Waals surface area (Å²) in [7, 11) is 0. The third kappa shape index (κ3) is 4.14. The summed E-state index contributed by atoms with van der Waals surface area (Å²) in [6, 6.07) is 16.1.